The van der Waals surface area contributed by atoms with Crippen molar-refractivity contribution >= 4 is 6.03 Å². The molecule has 138 valence electrons. The number of aromatic nitrogens is 1. The molecule has 0 aliphatic heterocycles. The number of amides is 2. The molecule has 4 aliphatic rings. The Hall–Kier alpha value is -2.10. The van der Waals surface area contributed by atoms with Crippen molar-refractivity contribution in [2.75, 3.05) is 0 Å². The molecule has 4 fully saturated rings. The first-order valence-corrected chi connectivity index (χ1v) is 9.91. The first kappa shape index (κ1) is 17.3. The van der Waals surface area contributed by atoms with Gasteiger partial charge in [-0.3, -0.25) is 4.98 Å². The Kier molecular flexibility index (Phi) is 4.84. The number of pyridine rings is 1. The smallest absolute Gasteiger partial charge is 0.316 e. The molecule has 1 aromatic heterocycles. The van der Waals surface area contributed by atoms with Gasteiger partial charge < -0.3 is 10.6 Å². The van der Waals surface area contributed by atoms with Crippen LogP contribution in [0, 0.1) is 29.6 Å². The van der Waals surface area contributed by atoms with Crippen LogP contribution in [-0.2, 0) is 0 Å². The fourth-order valence-corrected chi connectivity index (χ4v) is 6.01. The second kappa shape index (κ2) is 7.26. The molecule has 4 bridgehead atoms. The Bertz CT molecular complexity index is 643. The van der Waals surface area contributed by atoms with Crippen molar-refractivity contribution in [3.05, 3.63) is 55.4 Å². The lowest BCUT2D eigenvalue weighted by Gasteiger charge is -2.56. The van der Waals surface area contributed by atoms with Crippen LogP contribution in [0.5, 0.6) is 0 Å². The zero-order chi connectivity index (χ0) is 18.1. The molecule has 26 heavy (non-hydrogen) atoms. The van der Waals surface area contributed by atoms with E-state index in [0.717, 1.165) is 29.4 Å². The summed E-state index contributed by atoms with van der Waals surface area (Å²) in [5.74, 6) is 3.91. The highest BCUT2D eigenvalue weighted by Gasteiger charge is 2.50. The molecule has 0 saturated heterocycles. The average molecular weight is 351 g/mol. The molecule has 0 radical (unpaired) electrons. The van der Waals surface area contributed by atoms with Crippen LogP contribution in [0.2, 0.25) is 0 Å². The van der Waals surface area contributed by atoms with E-state index < -0.39 is 0 Å². The van der Waals surface area contributed by atoms with Gasteiger partial charge in [-0.25, -0.2) is 4.79 Å². The number of rotatable bonds is 6. The Morgan fingerprint density at radius 2 is 1.73 bits per heavy atom. The van der Waals surface area contributed by atoms with E-state index in [-0.39, 0.29) is 18.1 Å². The second-order valence-corrected chi connectivity index (χ2v) is 8.36. The van der Waals surface area contributed by atoms with Crippen molar-refractivity contribution < 1.29 is 4.79 Å². The zero-order valence-corrected chi connectivity index (χ0v) is 15.3. The topological polar surface area (TPSA) is 54.0 Å². The van der Waals surface area contributed by atoms with Crippen LogP contribution in [-0.4, -0.2) is 17.1 Å². The molecule has 0 aromatic carbocycles. The maximum Gasteiger partial charge on any atom is 0.316 e. The summed E-state index contributed by atoms with van der Waals surface area (Å²) in [6.07, 6.45) is 12.2. The Morgan fingerprint density at radius 1 is 1.04 bits per heavy atom. The monoisotopic (exact) mass is 351 g/mol. The third-order valence-electron chi connectivity index (χ3n) is 6.79. The molecule has 4 aliphatic carbocycles. The number of nitrogens with one attached hydrogen (secondary N) is 2. The lowest BCUT2D eigenvalue weighted by molar-refractivity contribution is -0.0438. The van der Waals surface area contributed by atoms with E-state index in [2.05, 4.69) is 28.8 Å². The summed E-state index contributed by atoms with van der Waals surface area (Å²) in [6.45, 7) is 7.87. The number of urea groups is 1. The molecular weight excluding hydrogens is 322 g/mol. The molecule has 1 aromatic rings. The van der Waals surface area contributed by atoms with E-state index in [0.29, 0.717) is 5.92 Å². The van der Waals surface area contributed by atoms with Crippen LogP contribution in [0.4, 0.5) is 4.79 Å². The molecule has 4 saturated carbocycles. The van der Waals surface area contributed by atoms with Crippen LogP contribution in [0.1, 0.15) is 43.8 Å². The lowest BCUT2D eigenvalue weighted by Crippen LogP contribution is -2.54. The molecule has 1 heterocycles. The van der Waals surface area contributed by atoms with E-state index in [1.807, 2.05) is 24.3 Å². The summed E-state index contributed by atoms with van der Waals surface area (Å²) < 4.78 is 0. The average Bonchev–Trinajstić information content (AvgIpc) is 2.65. The third-order valence-corrected chi connectivity index (χ3v) is 6.79. The van der Waals surface area contributed by atoms with Crippen LogP contribution >= 0.6 is 0 Å². The van der Waals surface area contributed by atoms with Crippen molar-refractivity contribution in [3.8, 4) is 0 Å². The Morgan fingerprint density at radius 3 is 2.27 bits per heavy atom. The standard InChI is InChI=1S/C22H29N3O/c1-3-18(20-7-5-6-8-23-20)24-22(26)25-19(4-2)21-16-10-14-9-15(12-16)13-17(21)11-14/h3-8,14-19,21H,1-2,9-13H2,(H2,24,25,26). The molecule has 2 unspecified atom stereocenters. The third kappa shape index (κ3) is 3.29. The molecule has 4 nitrogen and oxygen atoms in total. The van der Waals surface area contributed by atoms with Crippen molar-refractivity contribution in [2.45, 2.75) is 44.2 Å². The van der Waals surface area contributed by atoms with Gasteiger partial charge in [-0.2, -0.15) is 0 Å². The predicted molar refractivity (Wildman–Crippen MR) is 103 cm³/mol. The molecule has 2 atom stereocenters. The normalized spacial score (nSPS) is 33.9. The van der Waals surface area contributed by atoms with Gasteiger partial charge >= 0.3 is 6.03 Å². The minimum absolute atomic E-state index is 0.0409. The number of hydrogen-bond donors (Lipinski definition) is 2. The summed E-state index contributed by atoms with van der Waals surface area (Å²) in [4.78, 5) is 17.0. The van der Waals surface area contributed by atoms with Crippen LogP contribution < -0.4 is 10.6 Å². The summed E-state index contributed by atoms with van der Waals surface area (Å²) in [5, 5.41) is 6.18. The van der Waals surface area contributed by atoms with Crippen LogP contribution in [0.25, 0.3) is 0 Å². The number of nitrogens with zero attached hydrogens (tertiary/aromatic N) is 1. The Labute approximate surface area is 156 Å². The molecule has 0 spiro atoms. The number of carbonyl (C=O) groups is 1. The van der Waals surface area contributed by atoms with Gasteiger partial charge in [-0.15, -0.1) is 13.2 Å². The second-order valence-electron chi connectivity index (χ2n) is 8.36. The Balaban J connectivity index is 1.41. The first-order valence-electron chi connectivity index (χ1n) is 9.91. The quantitative estimate of drug-likeness (QED) is 0.754. The predicted octanol–water partition coefficient (Wildman–Crippen LogP) is 4.23. The zero-order valence-electron chi connectivity index (χ0n) is 15.3. The first-order chi connectivity index (χ1) is 12.7. The minimum Gasteiger partial charge on any atom is -0.332 e. The van der Waals surface area contributed by atoms with Gasteiger partial charge in [0.25, 0.3) is 0 Å². The van der Waals surface area contributed by atoms with Gasteiger partial charge in [0, 0.05) is 6.20 Å². The molecule has 5 rings (SSSR count). The van der Waals surface area contributed by atoms with Crippen molar-refractivity contribution in [2.24, 2.45) is 29.6 Å². The van der Waals surface area contributed by atoms with Gasteiger partial charge in [-0.1, -0.05) is 18.2 Å². The van der Waals surface area contributed by atoms with Gasteiger partial charge in [-0.05, 0) is 73.8 Å². The van der Waals surface area contributed by atoms with E-state index in [1.165, 1.54) is 32.1 Å². The van der Waals surface area contributed by atoms with Crippen molar-refractivity contribution in [1.82, 2.24) is 15.6 Å². The SMILES string of the molecule is C=CC(NC(=O)NC(C=C)C1C2CC3CC(C2)CC1C3)c1ccccn1. The highest BCUT2D eigenvalue weighted by atomic mass is 16.2. The van der Waals surface area contributed by atoms with Gasteiger partial charge in [0.1, 0.15) is 0 Å². The van der Waals surface area contributed by atoms with Crippen LogP contribution in [0.15, 0.2) is 49.7 Å². The lowest BCUT2D eigenvalue weighted by atomic mass is 9.50. The highest BCUT2D eigenvalue weighted by Crippen LogP contribution is 2.57. The van der Waals surface area contributed by atoms with Gasteiger partial charge in [0.15, 0.2) is 0 Å². The minimum atomic E-state index is -0.292. The number of hydrogen-bond acceptors (Lipinski definition) is 2. The highest BCUT2D eigenvalue weighted by molar-refractivity contribution is 5.75. The van der Waals surface area contributed by atoms with E-state index in [4.69, 9.17) is 0 Å². The maximum atomic E-state index is 12.6. The fraction of sp³-hybridized carbons (Fsp3) is 0.545. The molecular formula is C22H29N3O. The van der Waals surface area contributed by atoms with Gasteiger partial charge in [0.2, 0.25) is 0 Å². The largest absolute Gasteiger partial charge is 0.332 e. The molecule has 4 heteroatoms. The van der Waals surface area contributed by atoms with E-state index >= 15 is 0 Å². The van der Waals surface area contributed by atoms with Gasteiger partial charge in [0.05, 0.1) is 17.8 Å². The molecule has 2 N–H and O–H groups in total. The number of carbonyl (C=O) groups excluding carboxylic acids is 1. The van der Waals surface area contributed by atoms with Crippen molar-refractivity contribution in [3.63, 3.8) is 0 Å². The molecule has 2 amide bonds. The van der Waals surface area contributed by atoms with E-state index in [9.17, 15) is 4.79 Å². The maximum absolute atomic E-state index is 12.6. The van der Waals surface area contributed by atoms with Crippen LogP contribution in [0.3, 0.4) is 0 Å². The summed E-state index contributed by atoms with van der Waals surface area (Å²) >= 11 is 0. The summed E-state index contributed by atoms with van der Waals surface area (Å²) in [5.41, 5.74) is 0.794. The van der Waals surface area contributed by atoms with Crippen molar-refractivity contribution in [1.29, 1.82) is 0 Å². The van der Waals surface area contributed by atoms with E-state index in [1.54, 1.807) is 12.3 Å². The summed E-state index contributed by atoms with van der Waals surface area (Å²) in [6, 6.07) is 5.26. The summed E-state index contributed by atoms with van der Waals surface area (Å²) in [7, 11) is 0. The fourth-order valence-electron chi connectivity index (χ4n) is 6.01.